The molecule has 1 N–H and O–H groups in total. The van der Waals surface area contributed by atoms with Crippen LogP contribution < -0.4 is 4.90 Å². The predicted octanol–water partition coefficient (Wildman–Crippen LogP) is 0.174. The Bertz CT molecular complexity index is 460. The van der Waals surface area contributed by atoms with E-state index in [1.165, 1.54) is 13.2 Å². The lowest BCUT2D eigenvalue weighted by atomic mass is 10.1. The summed E-state index contributed by atoms with van der Waals surface area (Å²) in [6.07, 6.45) is 0.593. The number of hydrogen-bond acceptors (Lipinski definition) is 6. The summed E-state index contributed by atoms with van der Waals surface area (Å²) >= 11 is 0. The number of hydrogen-bond donors (Lipinski definition) is 1. The lowest BCUT2D eigenvalue weighted by Gasteiger charge is -2.15. The quantitative estimate of drug-likeness (QED) is 0.765. The highest BCUT2D eigenvalue weighted by molar-refractivity contribution is 5.87. The van der Waals surface area contributed by atoms with Gasteiger partial charge in [-0.15, -0.1) is 10.2 Å². The first kappa shape index (κ1) is 12.3. The van der Waals surface area contributed by atoms with Crippen LogP contribution in [-0.2, 0) is 9.53 Å². The molecule has 1 aliphatic rings. The smallest absolute Gasteiger partial charge is 0.358 e. The Kier molecular flexibility index (Phi) is 3.40. The van der Waals surface area contributed by atoms with Gasteiger partial charge in [0, 0.05) is 13.1 Å². The Morgan fingerprint density at radius 1 is 1.44 bits per heavy atom. The standard InChI is InChI=1S/C11H13N3O4/c1-18-11(17)8-2-3-9(13-12-8)14-5-4-7(6-14)10(15)16/h2-3,7H,4-6H2,1H3,(H,15,16). The molecule has 1 aromatic rings. The number of aromatic nitrogens is 2. The molecule has 1 fully saturated rings. The van der Waals surface area contributed by atoms with Crippen molar-refractivity contribution in [2.45, 2.75) is 6.42 Å². The van der Waals surface area contributed by atoms with Crippen molar-refractivity contribution in [3.05, 3.63) is 17.8 Å². The number of carbonyl (C=O) groups is 2. The van der Waals surface area contributed by atoms with Crippen LogP contribution >= 0.6 is 0 Å². The summed E-state index contributed by atoms with van der Waals surface area (Å²) in [5.74, 6) is -1.13. The highest BCUT2D eigenvalue weighted by Gasteiger charge is 2.28. The Balaban J connectivity index is 2.07. The number of anilines is 1. The zero-order valence-corrected chi connectivity index (χ0v) is 9.87. The number of esters is 1. The SMILES string of the molecule is COC(=O)c1ccc(N2CCC(C(=O)O)C2)nn1. The van der Waals surface area contributed by atoms with Crippen molar-refractivity contribution < 1.29 is 19.4 Å². The van der Waals surface area contributed by atoms with Crippen LogP contribution in [0.25, 0.3) is 0 Å². The molecular formula is C11H13N3O4. The number of rotatable bonds is 3. The van der Waals surface area contributed by atoms with Gasteiger partial charge in [0.25, 0.3) is 0 Å². The third-order valence-corrected chi connectivity index (χ3v) is 2.91. The van der Waals surface area contributed by atoms with Crippen molar-refractivity contribution in [3.8, 4) is 0 Å². The van der Waals surface area contributed by atoms with E-state index in [9.17, 15) is 9.59 Å². The molecule has 96 valence electrons. The predicted molar refractivity (Wildman–Crippen MR) is 61.3 cm³/mol. The van der Waals surface area contributed by atoms with E-state index in [2.05, 4.69) is 14.9 Å². The van der Waals surface area contributed by atoms with Gasteiger partial charge in [0.1, 0.15) is 0 Å². The van der Waals surface area contributed by atoms with E-state index >= 15 is 0 Å². The van der Waals surface area contributed by atoms with Crippen molar-refractivity contribution in [3.63, 3.8) is 0 Å². The van der Waals surface area contributed by atoms with Crippen LogP contribution in [0.4, 0.5) is 5.82 Å². The largest absolute Gasteiger partial charge is 0.481 e. The van der Waals surface area contributed by atoms with Crippen LogP contribution in [0.15, 0.2) is 12.1 Å². The van der Waals surface area contributed by atoms with E-state index < -0.39 is 11.9 Å². The normalized spacial score (nSPS) is 18.7. The van der Waals surface area contributed by atoms with Gasteiger partial charge in [0.05, 0.1) is 13.0 Å². The molecule has 0 aliphatic carbocycles. The molecule has 0 aromatic carbocycles. The van der Waals surface area contributed by atoms with Crippen LogP contribution in [-0.4, -0.2) is 47.4 Å². The van der Waals surface area contributed by atoms with Crippen LogP contribution in [0, 0.1) is 5.92 Å². The molecule has 2 rings (SSSR count). The van der Waals surface area contributed by atoms with Gasteiger partial charge in [-0.2, -0.15) is 0 Å². The second-order valence-corrected chi connectivity index (χ2v) is 4.04. The van der Waals surface area contributed by atoms with E-state index in [1.54, 1.807) is 6.07 Å². The summed E-state index contributed by atoms with van der Waals surface area (Å²) in [6.45, 7) is 1.05. The molecular weight excluding hydrogens is 238 g/mol. The lowest BCUT2D eigenvalue weighted by molar-refractivity contribution is -0.140. The fraction of sp³-hybridized carbons (Fsp3) is 0.455. The molecule has 18 heavy (non-hydrogen) atoms. The van der Waals surface area contributed by atoms with Crippen molar-refractivity contribution in [2.75, 3.05) is 25.1 Å². The van der Waals surface area contributed by atoms with Crippen molar-refractivity contribution in [1.29, 1.82) is 0 Å². The van der Waals surface area contributed by atoms with Gasteiger partial charge in [-0.3, -0.25) is 4.79 Å². The first-order valence-electron chi connectivity index (χ1n) is 5.51. The highest BCUT2D eigenvalue weighted by atomic mass is 16.5. The second-order valence-electron chi connectivity index (χ2n) is 4.04. The minimum Gasteiger partial charge on any atom is -0.481 e. The number of carbonyl (C=O) groups excluding carboxylic acids is 1. The molecule has 1 saturated heterocycles. The molecule has 7 heteroatoms. The lowest BCUT2D eigenvalue weighted by Crippen LogP contribution is -2.24. The van der Waals surface area contributed by atoms with E-state index in [4.69, 9.17) is 5.11 Å². The second kappa shape index (κ2) is 4.99. The van der Waals surface area contributed by atoms with Crippen LogP contribution in [0.2, 0.25) is 0 Å². The summed E-state index contributed by atoms with van der Waals surface area (Å²) in [5.41, 5.74) is 0.134. The fourth-order valence-electron chi connectivity index (χ4n) is 1.88. The monoisotopic (exact) mass is 251 g/mol. The number of nitrogens with zero attached hydrogens (tertiary/aromatic N) is 3. The molecule has 7 nitrogen and oxygen atoms in total. The van der Waals surface area contributed by atoms with Gasteiger partial charge in [-0.1, -0.05) is 0 Å². The van der Waals surface area contributed by atoms with E-state index in [-0.39, 0.29) is 11.6 Å². The van der Waals surface area contributed by atoms with Gasteiger partial charge in [-0.25, -0.2) is 4.79 Å². The first-order chi connectivity index (χ1) is 8.61. The average molecular weight is 251 g/mol. The molecule has 2 heterocycles. The van der Waals surface area contributed by atoms with Crippen LogP contribution in [0.5, 0.6) is 0 Å². The number of carboxylic acid groups (broad SMARTS) is 1. The first-order valence-corrected chi connectivity index (χ1v) is 5.51. The Morgan fingerprint density at radius 2 is 2.22 bits per heavy atom. The molecule has 0 saturated carbocycles. The van der Waals surface area contributed by atoms with Crippen LogP contribution in [0.3, 0.4) is 0 Å². The van der Waals surface area contributed by atoms with Crippen molar-refractivity contribution in [1.82, 2.24) is 10.2 Å². The van der Waals surface area contributed by atoms with Crippen molar-refractivity contribution in [2.24, 2.45) is 5.92 Å². The number of methoxy groups -OCH3 is 1. The zero-order valence-electron chi connectivity index (χ0n) is 9.87. The van der Waals surface area contributed by atoms with Gasteiger partial charge >= 0.3 is 11.9 Å². The Morgan fingerprint density at radius 3 is 2.72 bits per heavy atom. The Hall–Kier alpha value is -2.18. The molecule has 0 radical (unpaired) electrons. The molecule has 0 bridgehead atoms. The molecule has 1 aliphatic heterocycles. The summed E-state index contributed by atoms with van der Waals surface area (Å²) in [5, 5.41) is 16.6. The van der Waals surface area contributed by atoms with E-state index in [1.807, 2.05) is 4.90 Å². The average Bonchev–Trinajstić information content (AvgIpc) is 2.88. The minimum atomic E-state index is -0.795. The summed E-state index contributed by atoms with van der Waals surface area (Å²) in [6, 6.07) is 3.16. The Labute approximate surface area is 103 Å². The molecule has 0 spiro atoms. The van der Waals surface area contributed by atoms with E-state index in [0.717, 1.165) is 0 Å². The van der Waals surface area contributed by atoms with Gasteiger partial charge in [-0.05, 0) is 18.6 Å². The maximum absolute atomic E-state index is 11.2. The summed E-state index contributed by atoms with van der Waals surface area (Å²) in [7, 11) is 1.27. The van der Waals surface area contributed by atoms with Gasteiger partial charge in [0.15, 0.2) is 11.5 Å². The minimum absolute atomic E-state index is 0.134. The van der Waals surface area contributed by atoms with Gasteiger partial charge in [0.2, 0.25) is 0 Å². The third kappa shape index (κ3) is 2.39. The topological polar surface area (TPSA) is 92.6 Å². The zero-order chi connectivity index (χ0) is 13.1. The molecule has 1 atom stereocenters. The number of ether oxygens (including phenoxy) is 1. The number of carboxylic acids is 1. The fourth-order valence-corrected chi connectivity index (χ4v) is 1.88. The summed E-state index contributed by atoms with van der Waals surface area (Å²) in [4.78, 5) is 23.8. The summed E-state index contributed by atoms with van der Waals surface area (Å²) < 4.78 is 4.52. The highest BCUT2D eigenvalue weighted by Crippen LogP contribution is 2.21. The third-order valence-electron chi connectivity index (χ3n) is 2.91. The molecule has 0 amide bonds. The number of aliphatic carboxylic acids is 1. The van der Waals surface area contributed by atoms with E-state index in [0.29, 0.717) is 25.3 Å². The van der Waals surface area contributed by atoms with Gasteiger partial charge < -0.3 is 14.7 Å². The maximum atomic E-state index is 11.2. The maximum Gasteiger partial charge on any atom is 0.358 e. The van der Waals surface area contributed by atoms with Crippen molar-refractivity contribution >= 4 is 17.8 Å². The molecule has 1 aromatic heterocycles. The molecule has 1 unspecified atom stereocenters. The van der Waals surface area contributed by atoms with Crippen LogP contribution in [0.1, 0.15) is 16.9 Å².